The van der Waals surface area contributed by atoms with Crippen LogP contribution < -0.4 is 5.32 Å². The maximum absolute atomic E-state index is 9.96. The van der Waals surface area contributed by atoms with Gasteiger partial charge in [-0.25, -0.2) is 0 Å². The van der Waals surface area contributed by atoms with Gasteiger partial charge in [0, 0.05) is 5.02 Å². The summed E-state index contributed by atoms with van der Waals surface area (Å²) >= 11 is 5.73. The second-order valence-electron chi connectivity index (χ2n) is 2.36. The molecule has 0 aliphatic rings. The number of aromatic nitrogens is 1. The first-order chi connectivity index (χ1) is 6.29. The van der Waals surface area contributed by atoms with Crippen LogP contribution in [0.1, 0.15) is 0 Å². The number of nitrogens with zero attached hydrogens (tertiary/aromatic N) is 1. The molecule has 0 spiro atoms. The highest BCUT2D eigenvalue weighted by Gasteiger charge is 2.04. The van der Waals surface area contributed by atoms with Gasteiger partial charge in [0.15, 0.2) is 5.58 Å². The Morgan fingerprint density at radius 1 is 1.54 bits per heavy atom. The third kappa shape index (κ3) is 1.48. The zero-order valence-electron chi connectivity index (χ0n) is 6.37. The molecule has 1 aromatic heterocycles. The van der Waals surface area contributed by atoms with Crippen molar-refractivity contribution in [2.24, 2.45) is 0 Å². The van der Waals surface area contributed by atoms with Gasteiger partial charge in [-0.2, -0.15) is 4.98 Å². The molecule has 13 heavy (non-hydrogen) atoms. The van der Waals surface area contributed by atoms with E-state index in [0.717, 1.165) is 0 Å². The molecule has 1 radical (unpaired) electrons. The molecule has 0 unspecified atom stereocenters. The van der Waals surface area contributed by atoms with Gasteiger partial charge in [0.25, 0.3) is 0 Å². The Hall–Kier alpha value is -1.55. The number of oxazole rings is 1. The van der Waals surface area contributed by atoms with E-state index in [0.29, 0.717) is 16.1 Å². The van der Waals surface area contributed by atoms with Crippen LogP contribution in [-0.2, 0) is 4.79 Å². The minimum atomic E-state index is 0.118. The second-order valence-corrected chi connectivity index (χ2v) is 2.79. The highest BCUT2D eigenvalue weighted by Crippen LogP contribution is 2.21. The lowest BCUT2D eigenvalue weighted by Crippen LogP contribution is -1.92. The topological polar surface area (TPSA) is 55.1 Å². The molecule has 5 heteroatoms. The van der Waals surface area contributed by atoms with E-state index in [1.165, 1.54) is 6.41 Å². The molecule has 0 saturated carbocycles. The van der Waals surface area contributed by atoms with Crippen LogP contribution in [-0.4, -0.2) is 11.4 Å². The first kappa shape index (κ1) is 8.07. The average Bonchev–Trinajstić information content (AvgIpc) is 2.46. The van der Waals surface area contributed by atoms with Gasteiger partial charge in [0.05, 0.1) is 0 Å². The van der Waals surface area contributed by atoms with E-state index in [-0.39, 0.29) is 6.01 Å². The molecule has 1 heterocycles. The first-order valence-corrected chi connectivity index (χ1v) is 3.86. The van der Waals surface area contributed by atoms with Crippen molar-refractivity contribution in [2.45, 2.75) is 0 Å². The molecular formula is C8H4ClN2O2. The molecule has 0 aliphatic heterocycles. The van der Waals surface area contributed by atoms with Gasteiger partial charge in [-0.15, -0.1) is 0 Å². The van der Waals surface area contributed by atoms with Gasteiger partial charge in [0.2, 0.25) is 0 Å². The van der Waals surface area contributed by atoms with Crippen molar-refractivity contribution < 1.29 is 9.21 Å². The highest BCUT2D eigenvalue weighted by molar-refractivity contribution is 6.31. The van der Waals surface area contributed by atoms with Gasteiger partial charge in [-0.05, 0) is 18.2 Å². The Labute approximate surface area is 78.5 Å². The van der Waals surface area contributed by atoms with E-state index in [1.807, 2.05) is 0 Å². The number of hydrogen-bond donors (Lipinski definition) is 1. The monoisotopic (exact) mass is 195 g/mol. The van der Waals surface area contributed by atoms with Crippen LogP contribution in [0.2, 0.25) is 5.02 Å². The molecule has 1 N–H and O–H groups in total. The summed E-state index contributed by atoms with van der Waals surface area (Å²) in [6.45, 7) is 0. The fourth-order valence-electron chi connectivity index (χ4n) is 0.998. The Balaban J connectivity index is 2.55. The van der Waals surface area contributed by atoms with Crippen LogP contribution in [0.3, 0.4) is 0 Å². The lowest BCUT2D eigenvalue weighted by atomic mass is 10.3. The summed E-state index contributed by atoms with van der Waals surface area (Å²) in [6.07, 6.45) is 1.47. The molecule has 0 aliphatic carbocycles. The van der Waals surface area contributed by atoms with Crippen LogP contribution in [0.15, 0.2) is 22.6 Å². The van der Waals surface area contributed by atoms with Crippen molar-refractivity contribution in [3.8, 4) is 0 Å². The van der Waals surface area contributed by atoms with Crippen LogP contribution in [0, 0.1) is 0 Å². The molecule has 4 nitrogen and oxygen atoms in total. The number of halogens is 1. The number of carbonyl (C=O) groups excluding carboxylic acids is 1. The molecule has 0 saturated heterocycles. The summed E-state index contributed by atoms with van der Waals surface area (Å²) in [4.78, 5) is 13.9. The quantitative estimate of drug-likeness (QED) is 0.746. The summed E-state index contributed by atoms with van der Waals surface area (Å²) in [5.41, 5.74) is 1.17. The number of benzene rings is 1. The van der Waals surface area contributed by atoms with Gasteiger partial charge < -0.3 is 4.42 Å². The Morgan fingerprint density at radius 2 is 2.38 bits per heavy atom. The van der Waals surface area contributed by atoms with E-state index in [4.69, 9.17) is 16.0 Å². The van der Waals surface area contributed by atoms with E-state index >= 15 is 0 Å². The molecule has 1 aromatic carbocycles. The van der Waals surface area contributed by atoms with Gasteiger partial charge in [-0.1, -0.05) is 11.6 Å². The molecule has 0 atom stereocenters. The second kappa shape index (κ2) is 3.06. The SMILES string of the molecule is O=[C]Nc1nc2cc(Cl)ccc2o1. The average molecular weight is 196 g/mol. The maximum Gasteiger partial charge on any atom is 0.317 e. The maximum atomic E-state index is 9.96. The number of rotatable bonds is 2. The molecule has 0 bridgehead atoms. The Bertz CT molecular complexity index is 452. The fourth-order valence-corrected chi connectivity index (χ4v) is 1.16. The Morgan fingerprint density at radius 3 is 3.15 bits per heavy atom. The van der Waals surface area contributed by atoms with Crippen molar-refractivity contribution in [1.82, 2.24) is 4.98 Å². The van der Waals surface area contributed by atoms with Crippen LogP contribution in [0.25, 0.3) is 11.1 Å². The summed E-state index contributed by atoms with van der Waals surface area (Å²) in [7, 11) is 0. The largest absolute Gasteiger partial charge is 0.423 e. The lowest BCUT2D eigenvalue weighted by molar-refractivity contribution is 0.556. The minimum Gasteiger partial charge on any atom is -0.423 e. The predicted octanol–water partition coefficient (Wildman–Crippen LogP) is 1.96. The zero-order valence-corrected chi connectivity index (χ0v) is 7.13. The first-order valence-electron chi connectivity index (χ1n) is 3.49. The van der Waals surface area contributed by atoms with Gasteiger partial charge >= 0.3 is 12.4 Å². The van der Waals surface area contributed by atoms with Crippen molar-refractivity contribution in [3.05, 3.63) is 23.2 Å². The fraction of sp³-hybridized carbons (Fsp3) is 0. The van der Waals surface area contributed by atoms with Crippen molar-refractivity contribution in [2.75, 3.05) is 5.32 Å². The van der Waals surface area contributed by atoms with Crippen LogP contribution in [0.5, 0.6) is 0 Å². The highest BCUT2D eigenvalue weighted by atomic mass is 35.5. The van der Waals surface area contributed by atoms with E-state index < -0.39 is 0 Å². The molecule has 2 aromatic rings. The van der Waals surface area contributed by atoms with Crippen molar-refractivity contribution in [3.63, 3.8) is 0 Å². The van der Waals surface area contributed by atoms with Gasteiger partial charge in [-0.3, -0.25) is 10.1 Å². The summed E-state index contributed by atoms with van der Waals surface area (Å²) in [6, 6.07) is 5.13. The van der Waals surface area contributed by atoms with Crippen molar-refractivity contribution in [1.29, 1.82) is 0 Å². The molecule has 65 valence electrons. The normalized spacial score (nSPS) is 10.2. The van der Waals surface area contributed by atoms with Crippen LogP contribution >= 0.6 is 11.6 Å². The number of hydrogen-bond acceptors (Lipinski definition) is 3. The molecular weight excluding hydrogens is 192 g/mol. The van der Waals surface area contributed by atoms with Crippen LogP contribution in [0.4, 0.5) is 6.01 Å². The lowest BCUT2D eigenvalue weighted by Gasteiger charge is -1.85. The van der Waals surface area contributed by atoms with E-state index in [9.17, 15) is 4.79 Å². The van der Waals surface area contributed by atoms with E-state index in [2.05, 4.69) is 10.3 Å². The summed E-state index contributed by atoms with van der Waals surface area (Å²) < 4.78 is 5.12. The number of amides is 1. The smallest absolute Gasteiger partial charge is 0.317 e. The van der Waals surface area contributed by atoms with E-state index in [1.54, 1.807) is 18.2 Å². The third-order valence-electron chi connectivity index (χ3n) is 1.51. The molecule has 0 fully saturated rings. The summed E-state index contributed by atoms with van der Waals surface area (Å²) in [5.74, 6) is 0. The van der Waals surface area contributed by atoms with Gasteiger partial charge in [0.1, 0.15) is 5.52 Å². The number of nitrogens with one attached hydrogen (secondary N) is 1. The standard InChI is InChI=1S/C8H4ClN2O2/c9-5-1-2-7-6(3-5)11-8(13-7)10-4-12/h1-3H,(H,10,11,12). The molecule has 2 rings (SSSR count). The Kier molecular flexibility index (Phi) is 1.90. The third-order valence-corrected chi connectivity index (χ3v) is 1.74. The minimum absolute atomic E-state index is 0.118. The zero-order chi connectivity index (χ0) is 9.26. The van der Waals surface area contributed by atoms with Crippen molar-refractivity contribution >= 4 is 35.1 Å². The summed E-state index contributed by atoms with van der Waals surface area (Å²) in [5, 5.41) is 2.76. The predicted molar refractivity (Wildman–Crippen MR) is 48.3 cm³/mol. The number of fused-ring (bicyclic) bond motifs is 1. The number of anilines is 1. The molecule has 1 amide bonds.